The molecule has 17 heavy (non-hydrogen) atoms. The zero-order chi connectivity index (χ0) is 13.1. The molecule has 1 unspecified atom stereocenters. The Balaban J connectivity index is 3.88. The summed E-state index contributed by atoms with van der Waals surface area (Å²) in [5.74, 6) is 2.03. The average Bonchev–Trinajstić information content (AvgIpc) is 2.29. The molecule has 2 N–H and O–H groups in total. The fourth-order valence-electron chi connectivity index (χ4n) is 1.27. The van der Waals surface area contributed by atoms with Crippen molar-refractivity contribution in [3.63, 3.8) is 0 Å². The monoisotopic (exact) mass is 257 g/mol. The van der Waals surface area contributed by atoms with Gasteiger partial charge in [-0.15, -0.1) is 12.3 Å². The van der Waals surface area contributed by atoms with E-state index < -0.39 is 12.0 Å². The molecule has 0 saturated carbocycles. The highest BCUT2D eigenvalue weighted by molar-refractivity contribution is 7.98. The standard InChI is InChI=1S/C12H19NO3S/c1-3-4-5-6-7-11(14)13-10(12(15)16)8-9-17-2/h1,10H,4-9H2,2H3,(H,13,14)(H,15,16). The van der Waals surface area contributed by atoms with Crippen LogP contribution in [-0.2, 0) is 9.59 Å². The van der Waals surface area contributed by atoms with Crippen molar-refractivity contribution in [2.45, 2.75) is 38.1 Å². The van der Waals surface area contributed by atoms with Crippen LogP contribution in [-0.4, -0.2) is 35.0 Å². The number of carbonyl (C=O) groups is 2. The second-order valence-corrected chi connectivity index (χ2v) is 4.64. The molecule has 0 radical (unpaired) electrons. The molecule has 0 rings (SSSR count). The van der Waals surface area contributed by atoms with Gasteiger partial charge in [0, 0.05) is 12.8 Å². The van der Waals surface area contributed by atoms with Gasteiger partial charge in [-0.2, -0.15) is 11.8 Å². The van der Waals surface area contributed by atoms with Crippen LogP contribution in [0.25, 0.3) is 0 Å². The summed E-state index contributed by atoms with van der Waals surface area (Å²) in [6, 6.07) is -0.775. The lowest BCUT2D eigenvalue weighted by atomic mass is 10.1. The second kappa shape index (κ2) is 10.0. The van der Waals surface area contributed by atoms with Crippen LogP contribution in [0, 0.1) is 12.3 Å². The largest absolute Gasteiger partial charge is 0.480 e. The molecular formula is C12H19NO3S. The van der Waals surface area contributed by atoms with Crippen LogP contribution < -0.4 is 5.32 Å². The smallest absolute Gasteiger partial charge is 0.326 e. The molecule has 0 saturated heterocycles. The fraction of sp³-hybridized carbons (Fsp3) is 0.667. The number of aliphatic carboxylic acids is 1. The Morgan fingerprint density at radius 1 is 1.47 bits per heavy atom. The maximum absolute atomic E-state index is 11.5. The topological polar surface area (TPSA) is 66.4 Å². The molecule has 0 aromatic rings. The van der Waals surface area contributed by atoms with E-state index in [1.165, 1.54) is 0 Å². The molecule has 0 aliphatic carbocycles. The van der Waals surface area contributed by atoms with Crippen LogP contribution in [0.1, 0.15) is 32.1 Å². The summed E-state index contributed by atoms with van der Waals surface area (Å²) in [4.78, 5) is 22.3. The van der Waals surface area contributed by atoms with Gasteiger partial charge in [-0.3, -0.25) is 4.79 Å². The molecule has 0 heterocycles. The van der Waals surface area contributed by atoms with Crippen molar-refractivity contribution in [1.82, 2.24) is 5.32 Å². The number of carboxylic acid groups (broad SMARTS) is 1. The van der Waals surface area contributed by atoms with Crippen LogP contribution in [0.4, 0.5) is 0 Å². The number of nitrogens with one attached hydrogen (secondary N) is 1. The first kappa shape index (κ1) is 15.9. The Bertz CT molecular complexity index is 286. The number of rotatable bonds is 9. The molecule has 0 aliphatic rings. The third kappa shape index (κ3) is 8.64. The molecule has 0 spiro atoms. The number of thioether (sulfide) groups is 1. The summed E-state index contributed by atoms with van der Waals surface area (Å²) in [7, 11) is 0. The predicted octanol–water partition coefficient (Wildman–Crippen LogP) is 1.50. The lowest BCUT2D eigenvalue weighted by Crippen LogP contribution is -2.41. The van der Waals surface area contributed by atoms with Gasteiger partial charge < -0.3 is 10.4 Å². The van der Waals surface area contributed by atoms with Crippen molar-refractivity contribution in [2.24, 2.45) is 0 Å². The van der Waals surface area contributed by atoms with Crippen LogP contribution in [0.2, 0.25) is 0 Å². The molecule has 4 nitrogen and oxygen atoms in total. The second-order valence-electron chi connectivity index (χ2n) is 3.65. The third-order valence-electron chi connectivity index (χ3n) is 2.22. The summed E-state index contributed by atoms with van der Waals surface area (Å²) in [5.41, 5.74) is 0. The highest BCUT2D eigenvalue weighted by Gasteiger charge is 2.18. The van der Waals surface area contributed by atoms with Gasteiger partial charge in [0.2, 0.25) is 5.91 Å². The minimum Gasteiger partial charge on any atom is -0.480 e. The Hall–Kier alpha value is -1.15. The first-order chi connectivity index (χ1) is 8.11. The number of hydrogen-bond acceptors (Lipinski definition) is 3. The molecule has 0 bridgehead atoms. The molecule has 0 aromatic carbocycles. The van der Waals surface area contributed by atoms with Gasteiger partial charge >= 0.3 is 5.97 Å². The molecular weight excluding hydrogens is 238 g/mol. The Morgan fingerprint density at radius 3 is 2.71 bits per heavy atom. The van der Waals surface area contributed by atoms with Gasteiger partial charge in [-0.05, 0) is 31.3 Å². The average molecular weight is 257 g/mol. The van der Waals surface area contributed by atoms with Crippen LogP contribution in [0.3, 0.4) is 0 Å². The van der Waals surface area contributed by atoms with Crippen LogP contribution in [0.15, 0.2) is 0 Å². The molecule has 1 amide bonds. The highest BCUT2D eigenvalue weighted by Crippen LogP contribution is 2.03. The van der Waals surface area contributed by atoms with E-state index >= 15 is 0 Å². The van der Waals surface area contributed by atoms with Gasteiger partial charge in [0.1, 0.15) is 6.04 Å². The fourth-order valence-corrected chi connectivity index (χ4v) is 1.74. The zero-order valence-corrected chi connectivity index (χ0v) is 10.9. The summed E-state index contributed by atoms with van der Waals surface area (Å²) in [5, 5.41) is 11.4. The van der Waals surface area contributed by atoms with E-state index in [9.17, 15) is 9.59 Å². The molecule has 0 aromatic heterocycles. The van der Waals surface area contributed by atoms with Crippen LogP contribution in [0.5, 0.6) is 0 Å². The van der Waals surface area contributed by atoms with Crippen molar-refractivity contribution in [1.29, 1.82) is 0 Å². The number of carboxylic acids is 1. The van der Waals surface area contributed by atoms with E-state index in [4.69, 9.17) is 11.5 Å². The lowest BCUT2D eigenvalue weighted by Gasteiger charge is -2.13. The number of hydrogen-bond donors (Lipinski definition) is 2. The summed E-state index contributed by atoms with van der Waals surface area (Å²) >= 11 is 1.56. The highest BCUT2D eigenvalue weighted by atomic mass is 32.2. The minimum absolute atomic E-state index is 0.212. The first-order valence-corrected chi connectivity index (χ1v) is 6.95. The van der Waals surface area contributed by atoms with E-state index in [2.05, 4.69) is 11.2 Å². The molecule has 0 fully saturated rings. The summed E-state index contributed by atoms with van der Waals surface area (Å²) in [6.45, 7) is 0. The van der Waals surface area contributed by atoms with Gasteiger partial charge in [-0.1, -0.05) is 0 Å². The number of terminal acetylenes is 1. The Morgan fingerprint density at radius 2 is 2.18 bits per heavy atom. The van der Waals surface area contributed by atoms with Crippen molar-refractivity contribution in [3.8, 4) is 12.3 Å². The maximum atomic E-state index is 11.5. The lowest BCUT2D eigenvalue weighted by molar-refractivity contribution is -0.141. The third-order valence-corrected chi connectivity index (χ3v) is 2.86. The van der Waals surface area contributed by atoms with Gasteiger partial charge in [0.05, 0.1) is 0 Å². The Labute approximate surface area is 107 Å². The van der Waals surface area contributed by atoms with E-state index in [-0.39, 0.29) is 5.91 Å². The van der Waals surface area contributed by atoms with Gasteiger partial charge in [-0.25, -0.2) is 4.79 Å². The summed E-state index contributed by atoms with van der Waals surface area (Å²) < 4.78 is 0. The van der Waals surface area contributed by atoms with Crippen molar-refractivity contribution >= 4 is 23.6 Å². The number of unbranched alkanes of at least 4 members (excludes halogenated alkanes) is 2. The van der Waals surface area contributed by atoms with E-state index in [1.54, 1.807) is 11.8 Å². The SMILES string of the molecule is C#CCCCCC(=O)NC(CCSC)C(=O)O. The van der Waals surface area contributed by atoms with E-state index in [1.807, 2.05) is 6.26 Å². The number of amides is 1. The minimum atomic E-state index is -0.976. The first-order valence-electron chi connectivity index (χ1n) is 5.56. The number of carbonyl (C=O) groups excluding carboxylic acids is 1. The summed E-state index contributed by atoms with van der Waals surface area (Å²) in [6.07, 6.45) is 9.93. The maximum Gasteiger partial charge on any atom is 0.326 e. The van der Waals surface area contributed by atoms with Crippen LogP contribution >= 0.6 is 11.8 Å². The normalized spacial score (nSPS) is 11.5. The van der Waals surface area contributed by atoms with E-state index in [0.29, 0.717) is 31.4 Å². The molecule has 1 atom stereocenters. The predicted molar refractivity (Wildman–Crippen MR) is 69.9 cm³/mol. The molecule has 96 valence electrons. The van der Waals surface area contributed by atoms with Gasteiger partial charge in [0.15, 0.2) is 0 Å². The quantitative estimate of drug-likeness (QED) is 0.485. The molecule has 5 heteroatoms. The van der Waals surface area contributed by atoms with E-state index in [0.717, 1.165) is 6.42 Å². The zero-order valence-electron chi connectivity index (χ0n) is 10.1. The Kier molecular flexibility index (Phi) is 9.35. The van der Waals surface area contributed by atoms with Crippen molar-refractivity contribution in [2.75, 3.05) is 12.0 Å². The van der Waals surface area contributed by atoms with Gasteiger partial charge in [0.25, 0.3) is 0 Å². The van der Waals surface area contributed by atoms with Crippen molar-refractivity contribution in [3.05, 3.63) is 0 Å². The molecule has 0 aliphatic heterocycles. The van der Waals surface area contributed by atoms with Crippen molar-refractivity contribution < 1.29 is 14.7 Å².